The highest BCUT2D eigenvalue weighted by molar-refractivity contribution is 5.90. The Hall–Kier alpha value is -1.78. The monoisotopic (exact) mass is 225 g/mol. The zero-order valence-corrected chi connectivity index (χ0v) is 9.65. The normalized spacial score (nSPS) is 15.1. The Kier molecular flexibility index (Phi) is 4.10. The molecule has 1 amide bonds. The summed E-state index contributed by atoms with van der Waals surface area (Å²) in [4.78, 5) is 24.2. The van der Waals surface area contributed by atoms with Crippen LogP contribution >= 0.6 is 0 Å². The third-order valence-electron chi connectivity index (χ3n) is 2.05. The Morgan fingerprint density at radius 3 is 2.75 bits per heavy atom. The van der Waals surface area contributed by atoms with Crippen LogP contribution < -0.4 is 0 Å². The summed E-state index contributed by atoms with van der Waals surface area (Å²) in [5, 5.41) is 0. The summed E-state index contributed by atoms with van der Waals surface area (Å²) >= 11 is 0. The van der Waals surface area contributed by atoms with Crippen molar-refractivity contribution >= 4 is 12.1 Å². The van der Waals surface area contributed by atoms with E-state index in [4.69, 9.17) is 4.74 Å². The molecule has 5 heteroatoms. The molecular weight excluding hydrogens is 210 g/mol. The van der Waals surface area contributed by atoms with Gasteiger partial charge in [0, 0.05) is 6.20 Å². The minimum absolute atomic E-state index is 0.183. The van der Waals surface area contributed by atoms with Crippen molar-refractivity contribution in [1.29, 1.82) is 0 Å². The summed E-state index contributed by atoms with van der Waals surface area (Å²) < 4.78 is 9.47. The Morgan fingerprint density at radius 2 is 2.19 bits per heavy atom. The highest BCUT2D eigenvalue weighted by Gasteiger charge is 2.22. The minimum atomic E-state index is -0.462. The van der Waals surface area contributed by atoms with Crippen molar-refractivity contribution in [3.8, 4) is 0 Å². The number of carbonyl (C=O) groups excluding carboxylic acids is 2. The van der Waals surface area contributed by atoms with Crippen LogP contribution in [0.15, 0.2) is 23.4 Å². The molecule has 0 saturated carbocycles. The molecule has 0 radical (unpaired) electrons. The number of rotatable bonds is 2. The summed E-state index contributed by atoms with van der Waals surface area (Å²) in [5.74, 6) is -0.429. The summed E-state index contributed by atoms with van der Waals surface area (Å²) in [7, 11) is 1.31. The van der Waals surface area contributed by atoms with Crippen LogP contribution in [-0.2, 0) is 14.3 Å². The number of hydrogen-bond acceptors (Lipinski definition) is 4. The molecule has 0 bridgehead atoms. The Bertz CT molecular complexity index is 357. The molecule has 1 aliphatic rings. The maximum Gasteiger partial charge on any atom is 0.414 e. The first-order valence-electron chi connectivity index (χ1n) is 4.99. The topological polar surface area (TPSA) is 55.8 Å². The van der Waals surface area contributed by atoms with E-state index in [1.165, 1.54) is 12.0 Å². The lowest BCUT2D eigenvalue weighted by Gasteiger charge is -2.22. The lowest BCUT2D eigenvalue weighted by atomic mass is 10.1. The van der Waals surface area contributed by atoms with Gasteiger partial charge in [0.15, 0.2) is 0 Å². The second kappa shape index (κ2) is 5.34. The van der Waals surface area contributed by atoms with Crippen LogP contribution in [0.1, 0.15) is 13.8 Å². The van der Waals surface area contributed by atoms with E-state index in [-0.39, 0.29) is 6.54 Å². The fourth-order valence-corrected chi connectivity index (χ4v) is 1.41. The van der Waals surface area contributed by atoms with E-state index in [0.717, 1.165) is 5.57 Å². The van der Waals surface area contributed by atoms with E-state index < -0.39 is 12.1 Å². The van der Waals surface area contributed by atoms with Crippen LogP contribution in [0.2, 0.25) is 0 Å². The Balaban J connectivity index is 2.78. The quantitative estimate of drug-likeness (QED) is 0.668. The summed E-state index contributed by atoms with van der Waals surface area (Å²) in [6, 6.07) is 0. The van der Waals surface area contributed by atoms with Gasteiger partial charge in [0.25, 0.3) is 0 Å². The number of methoxy groups -OCH3 is 1. The van der Waals surface area contributed by atoms with E-state index in [1.807, 2.05) is 0 Å². The fourth-order valence-electron chi connectivity index (χ4n) is 1.41. The van der Waals surface area contributed by atoms with Crippen LogP contribution in [-0.4, -0.2) is 37.2 Å². The average molecular weight is 225 g/mol. The summed E-state index contributed by atoms with van der Waals surface area (Å²) in [6.07, 6.45) is 2.88. The van der Waals surface area contributed by atoms with E-state index in [1.54, 1.807) is 26.1 Å². The van der Waals surface area contributed by atoms with Gasteiger partial charge in [-0.2, -0.15) is 0 Å². The summed E-state index contributed by atoms with van der Waals surface area (Å²) in [5.41, 5.74) is 1.25. The Labute approximate surface area is 94.3 Å². The lowest BCUT2D eigenvalue weighted by Crippen LogP contribution is -2.32. The number of hydrogen-bond donors (Lipinski definition) is 0. The van der Waals surface area contributed by atoms with Crippen LogP contribution in [0.25, 0.3) is 0 Å². The standard InChI is InChI=1S/C11H15NO4/c1-4-16-11(14)12-6-8(2)5-9(7-12)10(13)15-3/h5-6H,4,7H2,1-3H3. The van der Waals surface area contributed by atoms with Gasteiger partial charge in [-0.3, -0.25) is 4.90 Å². The molecule has 0 aromatic carbocycles. The average Bonchev–Trinajstić information content (AvgIpc) is 2.27. The third kappa shape index (κ3) is 2.85. The molecule has 1 aliphatic heterocycles. The van der Waals surface area contributed by atoms with Crippen LogP contribution in [0.5, 0.6) is 0 Å². The molecule has 5 nitrogen and oxygen atoms in total. The molecule has 0 fully saturated rings. The number of allylic oxidation sites excluding steroid dienone is 2. The number of esters is 1. The van der Waals surface area contributed by atoms with Crippen molar-refractivity contribution in [2.75, 3.05) is 20.3 Å². The first-order chi connectivity index (χ1) is 7.58. The molecule has 0 N–H and O–H groups in total. The second-order valence-electron chi connectivity index (χ2n) is 3.36. The Morgan fingerprint density at radius 1 is 1.50 bits per heavy atom. The van der Waals surface area contributed by atoms with Gasteiger partial charge < -0.3 is 9.47 Å². The maximum absolute atomic E-state index is 11.5. The van der Waals surface area contributed by atoms with Crippen molar-refractivity contribution in [2.45, 2.75) is 13.8 Å². The van der Waals surface area contributed by atoms with Crippen molar-refractivity contribution in [3.63, 3.8) is 0 Å². The van der Waals surface area contributed by atoms with Gasteiger partial charge in [0.2, 0.25) is 0 Å². The van der Waals surface area contributed by atoms with Gasteiger partial charge >= 0.3 is 12.1 Å². The molecule has 0 aromatic heterocycles. The molecule has 0 unspecified atom stereocenters. The van der Waals surface area contributed by atoms with Crippen molar-refractivity contribution in [3.05, 3.63) is 23.4 Å². The van der Waals surface area contributed by atoms with E-state index in [2.05, 4.69) is 4.74 Å². The molecule has 1 heterocycles. The molecule has 1 rings (SSSR count). The van der Waals surface area contributed by atoms with Gasteiger partial charge in [-0.1, -0.05) is 0 Å². The fraction of sp³-hybridized carbons (Fsp3) is 0.455. The van der Waals surface area contributed by atoms with E-state index in [0.29, 0.717) is 12.2 Å². The number of ether oxygens (including phenoxy) is 2. The zero-order valence-electron chi connectivity index (χ0n) is 9.65. The van der Waals surface area contributed by atoms with Crippen molar-refractivity contribution in [2.24, 2.45) is 0 Å². The van der Waals surface area contributed by atoms with Gasteiger partial charge in [-0.25, -0.2) is 9.59 Å². The predicted octanol–water partition coefficient (Wildman–Crippen LogP) is 1.46. The third-order valence-corrected chi connectivity index (χ3v) is 2.05. The highest BCUT2D eigenvalue weighted by Crippen LogP contribution is 2.15. The first kappa shape index (κ1) is 12.3. The maximum atomic E-state index is 11.5. The second-order valence-corrected chi connectivity index (χ2v) is 3.36. The largest absolute Gasteiger partial charge is 0.466 e. The van der Waals surface area contributed by atoms with Gasteiger partial charge in [-0.05, 0) is 25.5 Å². The molecule has 0 atom stereocenters. The minimum Gasteiger partial charge on any atom is -0.466 e. The molecule has 0 aliphatic carbocycles. The first-order valence-corrected chi connectivity index (χ1v) is 4.99. The highest BCUT2D eigenvalue weighted by atomic mass is 16.6. The smallest absolute Gasteiger partial charge is 0.414 e. The number of carbonyl (C=O) groups is 2. The number of nitrogens with zero attached hydrogens (tertiary/aromatic N) is 1. The van der Waals surface area contributed by atoms with Crippen molar-refractivity contribution < 1.29 is 19.1 Å². The predicted molar refractivity (Wildman–Crippen MR) is 57.6 cm³/mol. The van der Waals surface area contributed by atoms with Crippen LogP contribution in [0.3, 0.4) is 0 Å². The molecule has 0 aromatic rings. The van der Waals surface area contributed by atoms with E-state index >= 15 is 0 Å². The van der Waals surface area contributed by atoms with Crippen LogP contribution in [0, 0.1) is 0 Å². The summed E-state index contributed by atoms with van der Waals surface area (Å²) in [6.45, 7) is 4.02. The van der Waals surface area contributed by atoms with Gasteiger partial charge in [0.1, 0.15) is 0 Å². The van der Waals surface area contributed by atoms with E-state index in [9.17, 15) is 9.59 Å². The molecule has 0 saturated heterocycles. The lowest BCUT2D eigenvalue weighted by molar-refractivity contribution is -0.136. The molecule has 16 heavy (non-hydrogen) atoms. The number of amides is 1. The zero-order chi connectivity index (χ0) is 12.1. The van der Waals surface area contributed by atoms with Gasteiger partial charge in [-0.15, -0.1) is 0 Å². The molecular formula is C11H15NO4. The molecule has 0 spiro atoms. The van der Waals surface area contributed by atoms with Gasteiger partial charge in [0.05, 0.1) is 25.8 Å². The molecule has 88 valence electrons. The SMILES string of the molecule is CCOC(=O)N1C=C(C)C=C(C(=O)OC)C1. The van der Waals surface area contributed by atoms with Crippen molar-refractivity contribution in [1.82, 2.24) is 4.90 Å². The van der Waals surface area contributed by atoms with Crippen LogP contribution in [0.4, 0.5) is 4.79 Å².